The van der Waals surface area contributed by atoms with Gasteiger partial charge in [-0.2, -0.15) is 0 Å². The van der Waals surface area contributed by atoms with Crippen molar-refractivity contribution in [3.63, 3.8) is 0 Å². The zero-order chi connectivity index (χ0) is 14.4. The van der Waals surface area contributed by atoms with Crippen LogP contribution in [-0.2, 0) is 9.59 Å². The maximum atomic E-state index is 12.6. The molecular weight excluding hydrogens is 258 g/mol. The van der Waals surface area contributed by atoms with E-state index < -0.39 is 17.8 Å². The molecule has 2 fully saturated rings. The van der Waals surface area contributed by atoms with E-state index >= 15 is 0 Å². The second kappa shape index (κ2) is 4.88. The van der Waals surface area contributed by atoms with Crippen molar-refractivity contribution in [2.24, 2.45) is 29.6 Å². The fraction of sp³-hybridized carbons (Fsp3) is 0.733. The van der Waals surface area contributed by atoms with Crippen molar-refractivity contribution in [3.05, 3.63) is 12.2 Å². The van der Waals surface area contributed by atoms with Crippen LogP contribution in [0.5, 0.6) is 0 Å². The molecule has 110 valence electrons. The summed E-state index contributed by atoms with van der Waals surface area (Å²) in [5.41, 5.74) is 0. The van der Waals surface area contributed by atoms with E-state index in [-0.39, 0.29) is 23.8 Å². The van der Waals surface area contributed by atoms with E-state index in [2.05, 4.69) is 0 Å². The van der Waals surface area contributed by atoms with Crippen LogP contribution in [0.4, 0.5) is 0 Å². The van der Waals surface area contributed by atoms with Gasteiger partial charge in [0.15, 0.2) is 0 Å². The van der Waals surface area contributed by atoms with Gasteiger partial charge in [-0.05, 0) is 37.0 Å². The van der Waals surface area contributed by atoms with Gasteiger partial charge < -0.3 is 15.1 Å². The van der Waals surface area contributed by atoms with Crippen LogP contribution in [0.1, 0.15) is 19.3 Å². The summed E-state index contributed by atoms with van der Waals surface area (Å²) in [6.45, 7) is 0.625. The number of rotatable bonds is 4. The van der Waals surface area contributed by atoms with E-state index in [1.807, 2.05) is 12.2 Å². The minimum Gasteiger partial charge on any atom is -0.481 e. The molecule has 0 aromatic heterocycles. The number of carboxylic acids is 1. The molecule has 5 heteroatoms. The Morgan fingerprint density at radius 2 is 1.75 bits per heavy atom. The highest BCUT2D eigenvalue weighted by Crippen LogP contribution is 2.48. The molecule has 1 amide bonds. The number of aliphatic hydroxyl groups excluding tert-OH is 1. The Morgan fingerprint density at radius 1 is 1.15 bits per heavy atom. The Labute approximate surface area is 118 Å². The summed E-state index contributed by atoms with van der Waals surface area (Å²) in [6.07, 6.45) is 6.03. The zero-order valence-electron chi connectivity index (χ0n) is 11.6. The summed E-state index contributed by atoms with van der Waals surface area (Å²) in [7, 11) is 1.75. The summed E-state index contributed by atoms with van der Waals surface area (Å²) >= 11 is 0. The van der Waals surface area contributed by atoms with Gasteiger partial charge in [-0.25, -0.2) is 0 Å². The maximum Gasteiger partial charge on any atom is 0.307 e. The van der Waals surface area contributed by atoms with Crippen LogP contribution in [-0.4, -0.2) is 46.7 Å². The SMILES string of the molecule is CN(CC1CC(O)C1)C(=O)C1C2C=CC(C2)C1C(=O)O. The minimum atomic E-state index is -0.854. The van der Waals surface area contributed by atoms with Gasteiger partial charge in [-0.15, -0.1) is 0 Å². The van der Waals surface area contributed by atoms with E-state index in [1.165, 1.54) is 0 Å². The largest absolute Gasteiger partial charge is 0.481 e. The quantitative estimate of drug-likeness (QED) is 0.744. The van der Waals surface area contributed by atoms with Gasteiger partial charge in [0, 0.05) is 13.6 Å². The van der Waals surface area contributed by atoms with E-state index in [4.69, 9.17) is 0 Å². The first-order valence-corrected chi connectivity index (χ1v) is 7.31. The number of carbonyl (C=O) groups is 2. The highest BCUT2D eigenvalue weighted by molar-refractivity contribution is 5.86. The third-order valence-corrected chi connectivity index (χ3v) is 5.15. The van der Waals surface area contributed by atoms with Crippen molar-refractivity contribution >= 4 is 11.9 Å². The molecule has 0 aromatic carbocycles. The number of allylic oxidation sites excluding steroid dienone is 2. The fourth-order valence-corrected chi connectivity index (χ4v) is 4.08. The van der Waals surface area contributed by atoms with Crippen LogP contribution in [0.3, 0.4) is 0 Å². The topological polar surface area (TPSA) is 77.8 Å². The summed E-state index contributed by atoms with van der Waals surface area (Å²) in [6, 6.07) is 0. The van der Waals surface area contributed by atoms with Crippen LogP contribution in [0.2, 0.25) is 0 Å². The minimum absolute atomic E-state index is 0.0189. The molecule has 4 atom stereocenters. The van der Waals surface area contributed by atoms with Crippen LogP contribution in [0, 0.1) is 29.6 Å². The predicted molar refractivity (Wildman–Crippen MR) is 71.7 cm³/mol. The zero-order valence-corrected chi connectivity index (χ0v) is 11.6. The number of amides is 1. The van der Waals surface area contributed by atoms with Crippen LogP contribution < -0.4 is 0 Å². The molecule has 0 aromatic rings. The molecular formula is C15H21NO4. The molecule has 20 heavy (non-hydrogen) atoms. The lowest BCUT2D eigenvalue weighted by Gasteiger charge is -2.36. The van der Waals surface area contributed by atoms with E-state index in [1.54, 1.807) is 11.9 Å². The number of aliphatic hydroxyl groups is 1. The lowest BCUT2D eigenvalue weighted by Crippen LogP contribution is -2.45. The van der Waals surface area contributed by atoms with E-state index in [0.29, 0.717) is 12.5 Å². The van der Waals surface area contributed by atoms with E-state index in [9.17, 15) is 19.8 Å². The standard InChI is InChI=1S/C15H21NO4/c1-16(7-8-4-11(17)5-8)14(18)12-9-2-3-10(6-9)13(12)15(19)20/h2-3,8-13,17H,4-7H2,1H3,(H,19,20). The molecule has 0 aliphatic heterocycles. The van der Waals surface area contributed by atoms with Gasteiger partial charge in [0.2, 0.25) is 5.91 Å². The first-order valence-electron chi connectivity index (χ1n) is 7.31. The monoisotopic (exact) mass is 279 g/mol. The average molecular weight is 279 g/mol. The van der Waals surface area contributed by atoms with Crippen molar-refractivity contribution in [2.45, 2.75) is 25.4 Å². The summed E-state index contributed by atoms with van der Waals surface area (Å²) in [5.74, 6) is -1.41. The predicted octanol–water partition coefficient (Wildman–Crippen LogP) is 0.739. The number of hydrogen-bond donors (Lipinski definition) is 2. The first-order chi connectivity index (χ1) is 9.47. The van der Waals surface area contributed by atoms with Gasteiger partial charge in [-0.3, -0.25) is 9.59 Å². The number of nitrogens with zero attached hydrogens (tertiary/aromatic N) is 1. The number of aliphatic carboxylic acids is 1. The van der Waals surface area contributed by atoms with Crippen LogP contribution in [0.25, 0.3) is 0 Å². The third kappa shape index (κ3) is 2.14. The Kier molecular flexibility index (Phi) is 3.32. The number of carbonyl (C=O) groups excluding carboxylic acids is 1. The Balaban J connectivity index is 1.66. The van der Waals surface area contributed by atoms with Gasteiger partial charge in [0.05, 0.1) is 17.9 Å². The molecule has 2 saturated carbocycles. The maximum absolute atomic E-state index is 12.6. The molecule has 3 aliphatic rings. The summed E-state index contributed by atoms with van der Waals surface area (Å²) in [5, 5.41) is 18.7. The van der Waals surface area contributed by atoms with Crippen molar-refractivity contribution in [3.8, 4) is 0 Å². The van der Waals surface area contributed by atoms with Crippen molar-refractivity contribution in [1.82, 2.24) is 4.90 Å². The number of carboxylic acid groups (broad SMARTS) is 1. The van der Waals surface area contributed by atoms with Crippen molar-refractivity contribution < 1.29 is 19.8 Å². The lowest BCUT2D eigenvalue weighted by molar-refractivity contribution is -0.151. The fourth-order valence-electron chi connectivity index (χ4n) is 4.08. The molecule has 0 heterocycles. The van der Waals surface area contributed by atoms with Crippen LogP contribution >= 0.6 is 0 Å². The highest BCUT2D eigenvalue weighted by atomic mass is 16.4. The van der Waals surface area contributed by atoms with Gasteiger partial charge >= 0.3 is 5.97 Å². The number of hydrogen-bond acceptors (Lipinski definition) is 3. The molecule has 3 rings (SSSR count). The molecule has 0 radical (unpaired) electrons. The normalized spacial score (nSPS) is 41.5. The highest BCUT2D eigenvalue weighted by Gasteiger charge is 2.52. The number of fused-ring (bicyclic) bond motifs is 2. The average Bonchev–Trinajstić information content (AvgIpc) is 2.95. The van der Waals surface area contributed by atoms with E-state index in [0.717, 1.165) is 19.3 Å². The van der Waals surface area contributed by atoms with Crippen LogP contribution in [0.15, 0.2) is 12.2 Å². The molecule has 4 unspecified atom stereocenters. The second-order valence-corrected chi connectivity index (χ2v) is 6.55. The molecule has 3 aliphatic carbocycles. The third-order valence-electron chi connectivity index (χ3n) is 5.15. The Hall–Kier alpha value is -1.36. The van der Waals surface area contributed by atoms with Crippen molar-refractivity contribution in [2.75, 3.05) is 13.6 Å². The van der Waals surface area contributed by atoms with Gasteiger partial charge in [0.25, 0.3) is 0 Å². The van der Waals surface area contributed by atoms with Gasteiger partial charge in [0.1, 0.15) is 0 Å². The van der Waals surface area contributed by atoms with Gasteiger partial charge in [-0.1, -0.05) is 12.2 Å². The lowest BCUT2D eigenvalue weighted by atomic mass is 9.80. The molecule has 0 saturated heterocycles. The first kappa shape index (κ1) is 13.6. The summed E-state index contributed by atoms with van der Waals surface area (Å²) in [4.78, 5) is 25.7. The molecule has 2 bridgehead atoms. The molecule has 5 nitrogen and oxygen atoms in total. The molecule has 0 spiro atoms. The molecule has 2 N–H and O–H groups in total. The smallest absolute Gasteiger partial charge is 0.307 e. The second-order valence-electron chi connectivity index (χ2n) is 6.55. The Morgan fingerprint density at radius 3 is 2.30 bits per heavy atom. The van der Waals surface area contributed by atoms with Crippen molar-refractivity contribution in [1.29, 1.82) is 0 Å². The Bertz CT molecular complexity index is 455. The summed E-state index contributed by atoms with van der Waals surface area (Å²) < 4.78 is 0.